The average Bonchev–Trinajstić information content (AvgIpc) is 3.06. The molecular weight excluding hydrogens is 440 g/mol. The van der Waals surface area contributed by atoms with Gasteiger partial charge >= 0.3 is 0 Å². The summed E-state index contributed by atoms with van der Waals surface area (Å²) in [5.41, 5.74) is 0.892. The molecule has 31 heavy (non-hydrogen) atoms. The number of hydrogen-bond acceptors (Lipinski definition) is 7. The molecule has 1 aromatic heterocycles. The Bertz CT molecular complexity index is 1290. The number of methoxy groups -OCH3 is 1. The van der Waals surface area contributed by atoms with Gasteiger partial charge in [0.25, 0.3) is 0 Å². The molecule has 1 aliphatic rings. The first-order valence-corrected chi connectivity index (χ1v) is 12.2. The molecular formula is C21H22N2O6S2. The molecule has 0 atom stereocenters. The van der Waals surface area contributed by atoms with Crippen LogP contribution in [-0.4, -0.2) is 45.0 Å². The zero-order valence-electron chi connectivity index (χ0n) is 17.2. The van der Waals surface area contributed by atoms with Crippen LogP contribution >= 0.6 is 11.3 Å². The molecule has 0 saturated carbocycles. The van der Waals surface area contributed by atoms with Crippen molar-refractivity contribution in [1.29, 1.82) is 0 Å². The molecule has 1 aliphatic heterocycles. The first-order valence-electron chi connectivity index (χ1n) is 9.71. The summed E-state index contributed by atoms with van der Waals surface area (Å²) in [7, 11) is -0.124. The molecule has 0 aliphatic carbocycles. The van der Waals surface area contributed by atoms with Crippen molar-refractivity contribution in [3.05, 3.63) is 41.2 Å². The number of aromatic nitrogens is 1. The predicted octanol–water partition coefficient (Wildman–Crippen LogP) is 2.70. The van der Waals surface area contributed by atoms with Gasteiger partial charge in [0.2, 0.25) is 5.91 Å². The van der Waals surface area contributed by atoms with Crippen LogP contribution in [0, 0.1) is 0 Å². The normalized spacial score (nSPS) is 14.1. The molecule has 1 amide bonds. The minimum Gasteiger partial charge on any atom is -0.497 e. The lowest BCUT2D eigenvalue weighted by Crippen LogP contribution is -2.16. The van der Waals surface area contributed by atoms with Crippen LogP contribution in [0.5, 0.6) is 17.2 Å². The summed E-state index contributed by atoms with van der Waals surface area (Å²) in [6.45, 7) is 1.01. The third-order valence-corrected chi connectivity index (χ3v) is 7.83. The zero-order valence-corrected chi connectivity index (χ0v) is 18.8. The first-order chi connectivity index (χ1) is 14.9. The third-order valence-electron chi connectivity index (χ3n) is 4.92. The minimum atomic E-state index is -3.47. The van der Waals surface area contributed by atoms with Gasteiger partial charge < -0.3 is 18.8 Å². The van der Waals surface area contributed by atoms with Crippen molar-refractivity contribution in [2.75, 3.05) is 26.1 Å². The second kappa shape index (κ2) is 8.72. The summed E-state index contributed by atoms with van der Waals surface area (Å²) >= 11 is 1.37. The van der Waals surface area contributed by atoms with Crippen molar-refractivity contribution < 1.29 is 27.4 Å². The summed E-state index contributed by atoms with van der Waals surface area (Å²) in [6.07, 6.45) is 0.244. The predicted molar refractivity (Wildman–Crippen MR) is 117 cm³/mol. The van der Waals surface area contributed by atoms with Crippen molar-refractivity contribution in [3.8, 4) is 17.2 Å². The number of amides is 1. The summed E-state index contributed by atoms with van der Waals surface area (Å²) < 4.78 is 43.9. The van der Waals surface area contributed by atoms with Gasteiger partial charge in [-0.3, -0.25) is 4.79 Å². The number of thiazole rings is 1. The van der Waals surface area contributed by atoms with Crippen LogP contribution in [0.25, 0.3) is 10.2 Å². The van der Waals surface area contributed by atoms with Crippen LogP contribution < -0.4 is 19.0 Å². The van der Waals surface area contributed by atoms with Crippen LogP contribution in [0.3, 0.4) is 0 Å². The summed E-state index contributed by atoms with van der Waals surface area (Å²) in [4.78, 5) is 17.3. The maximum Gasteiger partial charge on any atom is 0.248 e. The Balaban J connectivity index is 1.45. The van der Waals surface area contributed by atoms with Crippen LogP contribution in [0.1, 0.15) is 12.8 Å². The highest BCUT2D eigenvalue weighted by molar-refractivity contribution is 7.91. The highest BCUT2D eigenvalue weighted by Gasteiger charge is 2.17. The molecule has 0 unspecified atom stereocenters. The van der Waals surface area contributed by atoms with E-state index in [0.29, 0.717) is 35.3 Å². The second-order valence-electron chi connectivity index (χ2n) is 7.01. The largest absolute Gasteiger partial charge is 0.497 e. The summed E-state index contributed by atoms with van der Waals surface area (Å²) in [5, 5.41) is 0. The molecule has 0 N–H and O–H groups in total. The fraction of sp³-hybridized carbons (Fsp3) is 0.333. The molecule has 0 fully saturated rings. The molecule has 0 spiro atoms. The maximum atomic E-state index is 12.5. The molecule has 0 bridgehead atoms. The Labute approximate surface area is 183 Å². The van der Waals surface area contributed by atoms with Gasteiger partial charge in [-0.2, -0.15) is 4.99 Å². The number of carbonyl (C=O) groups excluding carboxylic acids is 1. The number of nitrogens with zero attached hydrogens (tertiary/aromatic N) is 2. The Morgan fingerprint density at radius 1 is 1.16 bits per heavy atom. The molecule has 8 nitrogen and oxygen atoms in total. The lowest BCUT2D eigenvalue weighted by molar-refractivity contribution is -0.118. The van der Waals surface area contributed by atoms with Crippen LogP contribution in [0.15, 0.2) is 46.3 Å². The highest BCUT2D eigenvalue weighted by atomic mass is 32.2. The molecule has 164 valence electrons. The molecule has 3 aromatic rings. The van der Waals surface area contributed by atoms with Crippen LogP contribution in [-0.2, 0) is 21.7 Å². The number of rotatable bonds is 6. The smallest absolute Gasteiger partial charge is 0.248 e. The van der Waals surface area contributed by atoms with E-state index in [1.165, 1.54) is 30.6 Å². The van der Waals surface area contributed by atoms with E-state index in [-0.39, 0.29) is 29.4 Å². The van der Waals surface area contributed by atoms with E-state index in [9.17, 15) is 13.2 Å². The van der Waals surface area contributed by atoms with Gasteiger partial charge in [-0.25, -0.2) is 8.42 Å². The Morgan fingerprint density at radius 2 is 1.84 bits per heavy atom. The van der Waals surface area contributed by atoms with Gasteiger partial charge in [-0.1, -0.05) is 11.3 Å². The van der Waals surface area contributed by atoms with Crippen molar-refractivity contribution >= 4 is 37.3 Å². The van der Waals surface area contributed by atoms with Gasteiger partial charge in [-0.05, 0) is 30.7 Å². The Kier molecular flexibility index (Phi) is 6.01. The van der Waals surface area contributed by atoms with E-state index in [4.69, 9.17) is 14.2 Å². The second-order valence-corrected chi connectivity index (χ2v) is 10.1. The lowest BCUT2D eigenvalue weighted by Gasteiger charge is -2.18. The number of hydrogen-bond donors (Lipinski definition) is 0. The molecule has 4 rings (SSSR count). The molecule has 0 radical (unpaired) electrons. The zero-order chi connectivity index (χ0) is 22.0. The fourth-order valence-electron chi connectivity index (χ4n) is 3.25. The molecule has 2 heterocycles. The van der Waals surface area contributed by atoms with Crippen molar-refractivity contribution in [1.82, 2.24) is 4.57 Å². The van der Waals surface area contributed by atoms with Gasteiger partial charge in [0.1, 0.15) is 19.0 Å². The van der Waals surface area contributed by atoms with Crippen LogP contribution in [0.4, 0.5) is 0 Å². The topological polar surface area (TPSA) is 96.2 Å². The van der Waals surface area contributed by atoms with Crippen molar-refractivity contribution in [3.63, 3.8) is 0 Å². The van der Waals surface area contributed by atoms with E-state index in [1.807, 2.05) is 23.7 Å². The molecule has 0 saturated heterocycles. The Hall–Kier alpha value is -2.85. The van der Waals surface area contributed by atoms with E-state index >= 15 is 0 Å². The number of sulfone groups is 1. The highest BCUT2D eigenvalue weighted by Crippen LogP contribution is 2.35. The SMILES string of the molecule is COc1ccc(S(=O)(=O)CCCC(=O)N=c2sc3cc4c(cc3n2C)OCCO4)cc1. The minimum absolute atomic E-state index is 0.0480. The van der Waals surface area contributed by atoms with Gasteiger partial charge in [0.05, 0.1) is 28.0 Å². The number of carbonyl (C=O) groups is 1. The molecule has 10 heteroatoms. The van der Waals surface area contributed by atoms with Crippen molar-refractivity contribution in [2.24, 2.45) is 12.0 Å². The van der Waals surface area contributed by atoms with Gasteiger partial charge in [0.15, 0.2) is 26.1 Å². The van der Waals surface area contributed by atoms with E-state index < -0.39 is 9.84 Å². The van der Waals surface area contributed by atoms with E-state index in [0.717, 1.165) is 10.2 Å². The van der Waals surface area contributed by atoms with Gasteiger partial charge in [-0.15, -0.1) is 0 Å². The number of fused-ring (bicyclic) bond motifs is 2. The number of ether oxygens (including phenoxy) is 3. The number of aryl methyl sites for hydroxylation is 1. The fourth-order valence-corrected chi connectivity index (χ4v) is 5.60. The number of benzene rings is 2. The quantitative estimate of drug-likeness (QED) is 0.559. The van der Waals surface area contributed by atoms with Crippen molar-refractivity contribution in [2.45, 2.75) is 17.7 Å². The molecule has 2 aromatic carbocycles. The summed E-state index contributed by atoms with van der Waals surface area (Å²) in [6, 6.07) is 9.98. The maximum absolute atomic E-state index is 12.5. The summed E-state index contributed by atoms with van der Waals surface area (Å²) in [5.74, 6) is 1.46. The van der Waals surface area contributed by atoms with E-state index in [1.54, 1.807) is 12.1 Å². The lowest BCUT2D eigenvalue weighted by atomic mass is 10.3. The first kappa shape index (κ1) is 21.4. The monoisotopic (exact) mass is 462 g/mol. The Morgan fingerprint density at radius 3 is 2.52 bits per heavy atom. The standard InChI is InChI=1S/C21H22N2O6S2/c1-23-16-12-17-18(29-10-9-28-17)13-19(16)30-21(23)22-20(24)4-3-11-31(25,26)15-7-5-14(27-2)6-8-15/h5-8,12-13H,3-4,9-11H2,1-2H3. The van der Waals surface area contributed by atoms with Crippen LogP contribution in [0.2, 0.25) is 0 Å². The van der Waals surface area contributed by atoms with Gasteiger partial charge in [0, 0.05) is 25.6 Å². The third kappa shape index (κ3) is 4.59. The average molecular weight is 463 g/mol. The van der Waals surface area contributed by atoms with E-state index in [2.05, 4.69) is 4.99 Å².